The van der Waals surface area contributed by atoms with Crippen LogP contribution in [0.15, 0.2) is 12.7 Å². The van der Waals surface area contributed by atoms with Crippen LogP contribution >= 0.6 is 0 Å². The average Bonchev–Trinajstić information content (AvgIpc) is 2.50. The summed E-state index contributed by atoms with van der Waals surface area (Å²) < 4.78 is 0. The number of allylic oxidation sites excluding steroid dienone is 1. The predicted molar refractivity (Wildman–Crippen MR) is 98.0 cm³/mol. The van der Waals surface area contributed by atoms with E-state index in [1.807, 2.05) is 6.08 Å². The monoisotopic (exact) mass is 295 g/mol. The van der Waals surface area contributed by atoms with Crippen molar-refractivity contribution in [1.29, 1.82) is 0 Å². The summed E-state index contributed by atoms with van der Waals surface area (Å²) in [6.07, 6.45) is 21.3. The Morgan fingerprint density at radius 1 is 0.762 bits per heavy atom. The predicted octanol–water partition coefficient (Wildman–Crippen LogP) is 6.63. The number of unbranched alkanes of at least 4 members (excludes halogenated alkanes) is 9. The van der Waals surface area contributed by atoms with Crippen LogP contribution in [0, 0.1) is 0 Å². The van der Waals surface area contributed by atoms with Gasteiger partial charge in [-0.3, -0.25) is 0 Å². The van der Waals surface area contributed by atoms with Gasteiger partial charge in [-0.1, -0.05) is 77.7 Å². The van der Waals surface area contributed by atoms with Gasteiger partial charge in [-0.05, 0) is 38.6 Å². The molecule has 0 saturated carbocycles. The SMILES string of the molecule is C=CCCCCCC(CCCCCCCCC)NCCC. The van der Waals surface area contributed by atoms with E-state index in [1.165, 1.54) is 96.4 Å². The van der Waals surface area contributed by atoms with Gasteiger partial charge in [0, 0.05) is 6.04 Å². The Balaban J connectivity index is 3.57. The molecule has 1 heteroatoms. The molecule has 0 spiro atoms. The van der Waals surface area contributed by atoms with Crippen molar-refractivity contribution in [3.63, 3.8) is 0 Å². The van der Waals surface area contributed by atoms with Crippen molar-refractivity contribution in [3.8, 4) is 0 Å². The van der Waals surface area contributed by atoms with Crippen molar-refractivity contribution in [1.82, 2.24) is 5.32 Å². The first-order valence-corrected chi connectivity index (χ1v) is 9.69. The van der Waals surface area contributed by atoms with E-state index < -0.39 is 0 Å². The van der Waals surface area contributed by atoms with Crippen LogP contribution in [0.3, 0.4) is 0 Å². The lowest BCUT2D eigenvalue weighted by Crippen LogP contribution is -2.29. The second-order valence-corrected chi connectivity index (χ2v) is 6.49. The maximum atomic E-state index is 3.80. The number of rotatable bonds is 17. The minimum absolute atomic E-state index is 0.768. The largest absolute Gasteiger partial charge is 0.314 e. The molecule has 0 aromatic rings. The molecular weight excluding hydrogens is 254 g/mol. The maximum Gasteiger partial charge on any atom is 0.00670 e. The molecule has 21 heavy (non-hydrogen) atoms. The van der Waals surface area contributed by atoms with Gasteiger partial charge in [-0.25, -0.2) is 0 Å². The summed E-state index contributed by atoms with van der Waals surface area (Å²) >= 11 is 0. The summed E-state index contributed by atoms with van der Waals surface area (Å²) in [6.45, 7) is 9.54. The lowest BCUT2D eigenvalue weighted by molar-refractivity contribution is 0.414. The first-order valence-electron chi connectivity index (χ1n) is 9.69. The molecule has 0 radical (unpaired) electrons. The fourth-order valence-corrected chi connectivity index (χ4v) is 2.90. The van der Waals surface area contributed by atoms with Crippen LogP contribution in [0.25, 0.3) is 0 Å². The molecule has 0 aliphatic carbocycles. The number of hydrogen-bond donors (Lipinski definition) is 1. The Bertz CT molecular complexity index is 200. The van der Waals surface area contributed by atoms with Gasteiger partial charge in [-0.15, -0.1) is 6.58 Å². The van der Waals surface area contributed by atoms with Gasteiger partial charge < -0.3 is 5.32 Å². The van der Waals surface area contributed by atoms with E-state index in [9.17, 15) is 0 Å². The minimum Gasteiger partial charge on any atom is -0.314 e. The fourth-order valence-electron chi connectivity index (χ4n) is 2.90. The third kappa shape index (κ3) is 15.9. The zero-order chi connectivity index (χ0) is 15.6. The molecule has 0 amide bonds. The van der Waals surface area contributed by atoms with Crippen LogP contribution in [-0.4, -0.2) is 12.6 Å². The minimum atomic E-state index is 0.768. The van der Waals surface area contributed by atoms with Gasteiger partial charge in [-0.2, -0.15) is 0 Å². The highest BCUT2D eigenvalue weighted by Crippen LogP contribution is 2.14. The van der Waals surface area contributed by atoms with Crippen LogP contribution in [0.4, 0.5) is 0 Å². The van der Waals surface area contributed by atoms with Crippen LogP contribution in [0.2, 0.25) is 0 Å². The third-order valence-electron chi connectivity index (χ3n) is 4.30. The Morgan fingerprint density at radius 3 is 1.90 bits per heavy atom. The zero-order valence-electron chi connectivity index (χ0n) is 15.0. The molecule has 0 aliphatic rings. The van der Waals surface area contributed by atoms with Crippen LogP contribution in [0.1, 0.15) is 104 Å². The molecule has 1 atom stereocenters. The van der Waals surface area contributed by atoms with E-state index in [0.29, 0.717) is 0 Å². The van der Waals surface area contributed by atoms with Crippen LogP contribution < -0.4 is 5.32 Å². The van der Waals surface area contributed by atoms with Gasteiger partial charge in [0.2, 0.25) is 0 Å². The molecule has 0 saturated heterocycles. The van der Waals surface area contributed by atoms with E-state index in [1.54, 1.807) is 0 Å². The maximum absolute atomic E-state index is 3.80. The zero-order valence-corrected chi connectivity index (χ0v) is 15.0. The smallest absolute Gasteiger partial charge is 0.00670 e. The Labute approximate surface area is 135 Å². The summed E-state index contributed by atoms with van der Waals surface area (Å²) in [4.78, 5) is 0. The highest BCUT2D eigenvalue weighted by Gasteiger charge is 2.06. The molecule has 0 bridgehead atoms. The molecule has 0 aliphatic heterocycles. The third-order valence-corrected chi connectivity index (χ3v) is 4.30. The van der Waals surface area contributed by atoms with Crippen molar-refractivity contribution < 1.29 is 0 Å². The summed E-state index contributed by atoms with van der Waals surface area (Å²) in [7, 11) is 0. The number of hydrogen-bond acceptors (Lipinski definition) is 1. The van der Waals surface area contributed by atoms with Crippen molar-refractivity contribution in [2.45, 2.75) is 110 Å². The van der Waals surface area contributed by atoms with Crippen molar-refractivity contribution in [3.05, 3.63) is 12.7 Å². The molecule has 0 fully saturated rings. The molecule has 1 nitrogen and oxygen atoms in total. The lowest BCUT2D eigenvalue weighted by atomic mass is 10.00. The molecule has 0 aromatic carbocycles. The second-order valence-electron chi connectivity index (χ2n) is 6.49. The van der Waals surface area contributed by atoms with Gasteiger partial charge >= 0.3 is 0 Å². The number of nitrogens with one attached hydrogen (secondary N) is 1. The highest BCUT2D eigenvalue weighted by atomic mass is 14.9. The summed E-state index contributed by atoms with van der Waals surface area (Å²) in [5.74, 6) is 0. The van der Waals surface area contributed by atoms with E-state index in [0.717, 1.165) is 6.04 Å². The molecule has 126 valence electrons. The van der Waals surface area contributed by atoms with E-state index in [-0.39, 0.29) is 0 Å². The quantitative estimate of drug-likeness (QED) is 0.234. The highest BCUT2D eigenvalue weighted by molar-refractivity contribution is 4.69. The lowest BCUT2D eigenvalue weighted by Gasteiger charge is -2.18. The summed E-state index contributed by atoms with van der Waals surface area (Å²) in [5, 5.41) is 3.75. The second kappa shape index (κ2) is 17.8. The standard InChI is InChI=1S/C20H41N/c1-4-7-9-11-12-14-16-18-20(21-19-6-3)17-15-13-10-8-5-2/h5,20-21H,2,4,6-19H2,1,3H3. The summed E-state index contributed by atoms with van der Waals surface area (Å²) in [6, 6.07) is 0.768. The van der Waals surface area contributed by atoms with Gasteiger partial charge in [0.1, 0.15) is 0 Å². The fraction of sp³-hybridized carbons (Fsp3) is 0.900. The average molecular weight is 296 g/mol. The van der Waals surface area contributed by atoms with E-state index in [2.05, 4.69) is 25.7 Å². The Kier molecular flexibility index (Phi) is 17.5. The van der Waals surface area contributed by atoms with E-state index >= 15 is 0 Å². The van der Waals surface area contributed by atoms with Gasteiger partial charge in [0.25, 0.3) is 0 Å². The van der Waals surface area contributed by atoms with Crippen LogP contribution in [-0.2, 0) is 0 Å². The molecule has 0 rings (SSSR count). The van der Waals surface area contributed by atoms with E-state index in [4.69, 9.17) is 0 Å². The molecular formula is C20H41N. The van der Waals surface area contributed by atoms with Gasteiger partial charge in [0.15, 0.2) is 0 Å². The van der Waals surface area contributed by atoms with Gasteiger partial charge in [0.05, 0.1) is 0 Å². The Morgan fingerprint density at radius 2 is 1.33 bits per heavy atom. The molecule has 1 unspecified atom stereocenters. The first-order chi connectivity index (χ1) is 10.3. The first kappa shape index (κ1) is 20.7. The van der Waals surface area contributed by atoms with Crippen molar-refractivity contribution in [2.75, 3.05) is 6.54 Å². The Hall–Kier alpha value is -0.300. The molecule has 1 N–H and O–H groups in total. The van der Waals surface area contributed by atoms with Crippen molar-refractivity contribution >= 4 is 0 Å². The topological polar surface area (TPSA) is 12.0 Å². The van der Waals surface area contributed by atoms with Crippen LogP contribution in [0.5, 0.6) is 0 Å². The molecule has 0 aromatic heterocycles. The normalized spacial score (nSPS) is 12.5. The summed E-state index contributed by atoms with van der Waals surface area (Å²) in [5.41, 5.74) is 0. The molecule has 0 heterocycles. The van der Waals surface area contributed by atoms with Crippen molar-refractivity contribution in [2.24, 2.45) is 0 Å².